The van der Waals surface area contributed by atoms with Crippen LogP contribution in [0.1, 0.15) is 18.5 Å². The van der Waals surface area contributed by atoms with Gasteiger partial charge in [-0.1, -0.05) is 36.4 Å². The first-order valence-corrected chi connectivity index (χ1v) is 6.97. The van der Waals surface area contributed by atoms with Gasteiger partial charge in [-0.15, -0.1) is 0 Å². The van der Waals surface area contributed by atoms with E-state index >= 15 is 0 Å². The molecule has 2 aromatic rings. The van der Waals surface area contributed by atoms with E-state index in [1.54, 1.807) is 12.1 Å². The Morgan fingerprint density at radius 2 is 1.77 bits per heavy atom. The summed E-state index contributed by atoms with van der Waals surface area (Å²) in [7, 11) is 0. The molecule has 110 valence electrons. The van der Waals surface area contributed by atoms with Crippen LogP contribution in [0.25, 0.3) is 0 Å². The van der Waals surface area contributed by atoms with Crippen molar-refractivity contribution in [2.45, 2.75) is 13.0 Å². The van der Waals surface area contributed by atoms with Gasteiger partial charge in [0.25, 0.3) is 5.69 Å². The van der Waals surface area contributed by atoms with Crippen LogP contribution in [-0.4, -0.2) is 10.6 Å². The van der Waals surface area contributed by atoms with Crippen LogP contribution in [0.15, 0.2) is 71.9 Å². The molecule has 1 atom stereocenters. The predicted octanol–water partition coefficient (Wildman–Crippen LogP) is 4.09. The Morgan fingerprint density at radius 3 is 2.41 bits per heavy atom. The monoisotopic (exact) mass is 293 g/mol. The molecule has 22 heavy (non-hydrogen) atoms. The summed E-state index contributed by atoms with van der Waals surface area (Å²) in [6.07, 6.45) is 4.07. The largest absolute Gasteiger partial charge is 0.269 e. The van der Waals surface area contributed by atoms with Crippen LogP contribution in [0.5, 0.6) is 0 Å². The maximum atomic E-state index is 10.8. The van der Waals surface area contributed by atoms with E-state index in [1.165, 1.54) is 12.1 Å². The number of rotatable bonds is 3. The zero-order valence-corrected chi connectivity index (χ0v) is 12.1. The number of hydrazone groups is 1. The molecule has 3 rings (SSSR count). The molecule has 0 radical (unpaired) electrons. The van der Waals surface area contributed by atoms with Crippen LogP contribution >= 0.6 is 0 Å². The second kappa shape index (κ2) is 5.81. The molecule has 0 N–H and O–H groups in total. The maximum Gasteiger partial charge on any atom is 0.269 e. The molecule has 1 unspecified atom stereocenters. The summed E-state index contributed by atoms with van der Waals surface area (Å²) in [5.41, 5.74) is 2.91. The molecule has 2 aromatic carbocycles. The Hall–Kier alpha value is -2.95. The Kier molecular flexibility index (Phi) is 3.70. The smallest absolute Gasteiger partial charge is 0.258 e. The van der Waals surface area contributed by atoms with Crippen molar-refractivity contribution in [3.05, 3.63) is 82.4 Å². The van der Waals surface area contributed by atoms with Gasteiger partial charge in [0.1, 0.15) is 0 Å². The lowest BCUT2D eigenvalue weighted by molar-refractivity contribution is -0.384. The molecule has 0 spiro atoms. The molecule has 0 saturated carbocycles. The van der Waals surface area contributed by atoms with E-state index in [2.05, 4.69) is 11.2 Å². The first kappa shape index (κ1) is 14.0. The number of allylic oxidation sites excluding steroid dienone is 1. The van der Waals surface area contributed by atoms with E-state index in [9.17, 15) is 10.1 Å². The number of hydrogen-bond acceptors (Lipinski definition) is 4. The summed E-state index contributed by atoms with van der Waals surface area (Å²) in [6.45, 7) is 1.93. The molecule has 1 aliphatic heterocycles. The Morgan fingerprint density at radius 1 is 1.09 bits per heavy atom. The van der Waals surface area contributed by atoms with E-state index in [4.69, 9.17) is 0 Å². The highest BCUT2D eigenvalue weighted by Crippen LogP contribution is 2.32. The van der Waals surface area contributed by atoms with Crippen molar-refractivity contribution in [1.29, 1.82) is 0 Å². The minimum atomic E-state index is -0.400. The second-order valence-corrected chi connectivity index (χ2v) is 5.07. The Labute approximate surface area is 128 Å². The van der Waals surface area contributed by atoms with Gasteiger partial charge in [-0.25, -0.2) is 0 Å². The van der Waals surface area contributed by atoms with Gasteiger partial charge in [0.15, 0.2) is 0 Å². The summed E-state index contributed by atoms with van der Waals surface area (Å²) in [6, 6.07) is 16.5. The lowest BCUT2D eigenvalue weighted by Crippen LogP contribution is -2.25. The topological polar surface area (TPSA) is 58.7 Å². The van der Waals surface area contributed by atoms with Crippen molar-refractivity contribution in [1.82, 2.24) is 0 Å². The van der Waals surface area contributed by atoms with Crippen LogP contribution in [0.4, 0.5) is 11.4 Å². The number of benzene rings is 2. The third kappa shape index (κ3) is 2.74. The molecule has 0 amide bonds. The molecular weight excluding hydrogens is 278 g/mol. The van der Waals surface area contributed by atoms with Gasteiger partial charge in [-0.05, 0) is 30.7 Å². The van der Waals surface area contributed by atoms with Crippen molar-refractivity contribution in [3.8, 4) is 0 Å². The van der Waals surface area contributed by atoms with Gasteiger partial charge in [0, 0.05) is 12.1 Å². The molecule has 5 nitrogen and oxygen atoms in total. The number of hydrogen-bond donors (Lipinski definition) is 0. The quantitative estimate of drug-likeness (QED) is 0.632. The minimum Gasteiger partial charge on any atom is -0.258 e. The van der Waals surface area contributed by atoms with Gasteiger partial charge in [0.2, 0.25) is 0 Å². The minimum absolute atomic E-state index is 0.0219. The van der Waals surface area contributed by atoms with Crippen molar-refractivity contribution in [3.63, 3.8) is 0 Å². The van der Waals surface area contributed by atoms with Crippen LogP contribution in [0.2, 0.25) is 0 Å². The molecule has 5 heteroatoms. The summed E-state index contributed by atoms with van der Waals surface area (Å²) in [5, 5.41) is 17.2. The summed E-state index contributed by atoms with van der Waals surface area (Å²) >= 11 is 0. The van der Waals surface area contributed by atoms with Crippen molar-refractivity contribution in [2.75, 3.05) is 5.01 Å². The lowest BCUT2D eigenvalue weighted by Gasteiger charge is -2.30. The SMILES string of the molecule is CC1=NN(c2ccc([N+](=O)[O-])cc2)C(c2ccccc2)C=C1. The number of non-ortho nitro benzene ring substituents is 1. The number of nitrogens with zero attached hydrogens (tertiary/aromatic N) is 3. The number of nitro groups is 1. The second-order valence-electron chi connectivity index (χ2n) is 5.07. The fourth-order valence-electron chi connectivity index (χ4n) is 2.43. The normalized spacial score (nSPS) is 17.2. The van der Waals surface area contributed by atoms with Crippen LogP contribution in [-0.2, 0) is 0 Å². The number of anilines is 1. The van der Waals surface area contributed by atoms with E-state index < -0.39 is 4.92 Å². The Bertz CT molecular complexity index is 736. The van der Waals surface area contributed by atoms with Crippen molar-refractivity contribution < 1.29 is 4.92 Å². The first-order chi connectivity index (χ1) is 10.6. The van der Waals surface area contributed by atoms with Crippen molar-refractivity contribution in [2.24, 2.45) is 5.10 Å². The van der Waals surface area contributed by atoms with E-state index in [1.807, 2.05) is 48.3 Å². The highest BCUT2D eigenvalue weighted by molar-refractivity contribution is 5.94. The molecule has 0 aromatic heterocycles. The fraction of sp³-hybridized carbons (Fsp3) is 0.118. The molecular formula is C17H15N3O2. The highest BCUT2D eigenvalue weighted by Gasteiger charge is 2.21. The van der Waals surface area contributed by atoms with Crippen LogP contribution < -0.4 is 5.01 Å². The third-order valence-corrected chi connectivity index (χ3v) is 3.51. The average Bonchev–Trinajstić information content (AvgIpc) is 2.55. The lowest BCUT2D eigenvalue weighted by atomic mass is 10.0. The van der Waals surface area contributed by atoms with E-state index in [0.29, 0.717) is 0 Å². The average molecular weight is 293 g/mol. The molecule has 0 saturated heterocycles. The summed E-state index contributed by atoms with van der Waals surface area (Å²) in [4.78, 5) is 10.4. The van der Waals surface area contributed by atoms with Gasteiger partial charge in [-0.3, -0.25) is 15.1 Å². The maximum absolute atomic E-state index is 10.8. The zero-order valence-electron chi connectivity index (χ0n) is 12.1. The van der Waals surface area contributed by atoms with Crippen molar-refractivity contribution >= 4 is 17.1 Å². The van der Waals surface area contributed by atoms with Crippen LogP contribution in [0.3, 0.4) is 0 Å². The molecule has 1 aliphatic rings. The standard InChI is InChI=1S/C17H15N3O2/c1-13-7-12-17(14-5-3-2-4-6-14)19(18-13)15-8-10-16(11-9-15)20(21)22/h2-12,17H,1H3. The fourth-order valence-corrected chi connectivity index (χ4v) is 2.43. The van der Waals surface area contributed by atoms with Gasteiger partial charge < -0.3 is 0 Å². The third-order valence-electron chi connectivity index (χ3n) is 3.51. The molecule has 0 fully saturated rings. The van der Waals surface area contributed by atoms with Gasteiger partial charge in [0.05, 0.1) is 22.4 Å². The Balaban J connectivity index is 1.98. The zero-order chi connectivity index (χ0) is 15.5. The first-order valence-electron chi connectivity index (χ1n) is 6.97. The van der Waals surface area contributed by atoms with Gasteiger partial charge >= 0.3 is 0 Å². The molecule has 0 aliphatic carbocycles. The van der Waals surface area contributed by atoms with Gasteiger partial charge in [-0.2, -0.15) is 5.10 Å². The predicted molar refractivity (Wildman–Crippen MR) is 87.0 cm³/mol. The van der Waals surface area contributed by atoms with E-state index in [0.717, 1.165) is 17.0 Å². The highest BCUT2D eigenvalue weighted by atomic mass is 16.6. The summed E-state index contributed by atoms with van der Waals surface area (Å²) < 4.78 is 0. The molecule has 0 bridgehead atoms. The molecule has 1 heterocycles. The van der Waals surface area contributed by atoms with Crippen LogP contribution in [0, 0.1) is 10.1 Å². The summed E-state index contributed by atoms with van der Waals surface area (Å²) in [5.74, 6) is 0. The van der Waals surface area contributed by atoms with E-state index in [-0.39, 0.29) is 11.7 Å². The number of nitro benzene ring substituents is 1.